The zero-order valence-electron chi connectivity index (χ0n) is 13.6. The standard InChI is InChI=1S/C22H20N2/c1-2-6-17-15(5-1)9-10-20-21(17)18-7-3-4-8-19(18)22(24-20)16-11-13-23-14-12-16/h1-2,5-6,9-14,22,24H,3-4,7-8H2/t22-/m0/s1. The summed E-state index contributed by atoms with van der Waals surface area (Å²) in [4.78, 5) is 4.19. The van der Waals surface area contributed by atoms with Crippen LogP contribution in [0.15, 0.2) is 66.5 Å². The summed E-state index contributed by atoms with van der Waals surface area (Å²) >= 11 is 0. The third-order valence-corrected chi connectivity index (χ3v) is 5.43. The average molecular weight is 312 g/mol. The van der Waals surface area contributed by atoms with E-state index in [9.17, 15) is 0 Å². The van der Waals surface area contributed by atoms with Crippen molar-refractivity contribution in [3.05, 3.63) is 77.6 Å². The number of hydrogen-bond acceptors (Lipinski definition) is 2. The van der Waals surface area contributed by atoms with Gasteiger partial charge in [-0.2, -0.15) is 0 Å². The van der Waals surface area contributed by atoms with Gasteiger partial charge in [0, 0.05) is 23.6 Å². The number of nitrogens with one attached hydrogen (secondary N) is 1. The predicted octanol–water partition coefficient (Wildman–Crippen LogP) is 5.73. The highest BCUT2D eigenvalue weighted by Gasteiger charge is 2.30. The third-order valence-electron chi connectivity index (χ3n) is 5.43. The van der Waals surface area contributed by atoms with Gasteiger partial charge in [-0.15, -0.1) is 0 Å². The van der Waals surface area contributed by atoms with Crippen molar-refractivity contribution in [2.24, 2.45) is 0 Å². The van der Waals surface area contributed by atoms with Crippen LogP contribution in [0.4, 0.5) is 5.69 Å². The van der Waals surface area contributed by atoms with E-state index in [2.05, 4.69) is 58.8 Å². The van der Waals surface area contributed by atoms with Gasteiger partial charge in [-0.1, -0.05) is 30.3 Å². The van der Waals surface area contributed by atoms with Crippen molar-refractivity contribution in [3.8, 4) is 0 Å². The van der Waals surface area contributed by atoms with Crippen LogP contribution in [-0.4, -0.2) is 4.98 Å². The number of pyridine rings is 1. The van der Waals surface area contributed by atoms with E-state index in [4.69, 9.17) is 0 Å². The number of aromatic nitrogens is 1. The van der Waals surface area contributed by atoms with Crippen LogP contribution in [0.25, 0.3) is 16.3 Å². The second kappa shape index (κ2) is 5.48. The molecule has 0 radical (unpaired) electrons. The SMILES string of the molecule is c1ccc2c3c(ccc2c1)N[C@@H](c1ccncc1)C1=C3CCCC1. The quantitative estimate of drug-likeness (QED) is 0.620. The summed E-state index contributed by atoms with van der Waals surface area (Å²) in [5, 5.41) is 6.53. The largest absolute Gasteiger partial charge is 0.374 e. The second-order valence-electron chi connectivity index (χ2n) is 6.78. The summed E-state index contributed by atoms with van der Waals surface area (Å²) in [7, 11) is 0. The molecule has 0 spiro atoms. The molecule has 24 heavy (non-hydrogen) atoms. The van der Waals surface area contributed by atoms with Gasteiger partial charge in [-0.25, -0.2) is 0 Å². The molecule has 2 heterocycles. The van der Waals surface area contributed by atoms with Crippen molar-refractivity contribution < 1.29 is 0 Å². The van der Waals surface area contributed by atoms with Crippen LogP contribution in [0.5, 0.6) is 0 Å². The van der Waals surface area contributed by atoms with E-state index in [-0.39, 0.29) is 6.04 Å². The van der Waals surface area contributed by atoms with E-state index in [0.717, 1.165) is 0 Å². The molecule has 0 fully saturated rings. The molecule has 2 aromatic carbocycles. The number of benzene rings is 2. The smallest absolute Gasteiger partial charge is 0.0734 e. The number of hydrogen-bond donors (Lipinski definition) is 1. The van der Waals surface area contributed by atoms with Crippen LogP contribution < -0.4 is 5.32 Å². The van der Waals surface area contributed by atoms with E-state index in [1.807, 2.05) is 12.4 Å². The predicted molar refractivity (Wildman–Crippen MR) is 99.9 cm³/mol. The van der Waals surface area contributed by atoms with Gasteiger partial charge >= 0.3 is 0 Å². The number of fused-ring (bicyclic) bond motifs is 4. The number of nitrogens with zero attached hydrogens (tertiary/aromatic N) is 1. The first-order valence-corrected chi connectivity index (χ1v) is 8.82. The molecule has 1 N–H and O–H groups in total. The van der Waals surface area contributed by atoms with Crippen LogP contribution in [-0.2, 0) is 0 Å². The topological polar surface area (TPSA) is 24.9 Å². The molecule has 1 aliphatic carbocycles. The Bertz CT molecular complexity index is 941. The Balaban J connectivity index is 1.76. The maximum absolute atomic E-state index is 4.19. The van der Waals surface area contributed by atoms with Gasteiger partial charge in [-0.3, -0.25) is 4.98 Å². The molecule has 0 saturated heterocycles. The van der Waals surface area contributed by atoms with Crippen molar-refractivity contribution in [1.82, 2.24) is 4.98 Å². The Morgan fingerprint density at radius 1 is 0.875 bits per heavy atom. The second-order valence-corrected chi connectivity index (χ2v) is 6.78. The van der Waals surface area contributed by atoms with Crippen LogP contribution in [0.1, 0.15) is 42.9 Å². The monoisotopic (exact) mass is 312 g/mol. The number of anilines is 1. The fourth-order valence-electron chi connectivity index (χ4n) is 4.33. The van der Waals surface area contributed by atoms with Gasteiger partial charge in [-0.05, 0) is 71.4 Å². The van der Waals surface area contributed by atoms with Crippen LogP contribution in [0.2, 0.25) is 0 Å². The molecule has 118 valence electrons. The van der Waals surface area contributed by atoms with E-state index >= 15 is 0 Å². The summed E-state index contributed by atoms with van der Waals surface area (Å²) < 4.78 is 0. The van der Waals surface area contributed by atoms with Gasteiger partial charge in [0.1, 0.15) is 0 Å². The zero-order chi connectivity index (χ0) is 15.9. The van der Waals surface area contributed by atoms with E-state index in [1.54, 1.807) is 11.1 Å². The lowest BCUT2D eigenvalue weighted by molar-refractivity contribution is 0.668. The third kappa shape index (κ3) is 2.06. The molecule has 2 aliphatic rings. The Labute approximate surface area is 142 Å². The number of allylic oxidation sites excluding steroid dienone is 1. The highest BCUT2D eigenvalue weighted by Crippen LogP contribution is 2.48. The van der Waals surface area contributed by atoms with Gasteiger partial charge in [0.15, 0.2) is 0 Å². The van der Waals surface area contributed by atoms with Gasteiger partial charge < -0.3 is 5.32 Å². The van der Waals surface area contributed by atoms with Crippen molar-refractivity contribution in [1.29, 1.82) is 0 Å². The lowest BCUT2D eigenvalue weighted by atomic mass is 9.77. The lowest BCUT2D eigenvalue weighted by Gasteiger charge is -2.36. The molecular weight excluding hydrogens is 292 g/mol. The summed E-state index contributed by atoms with van der Waals surface area (Å²) in [6, 6.07) is 17.8. The van der Waals surface area contributed by atoms with Crippen LogP contribution in [0, 0.1) is 0 Å². The summed E-state index contributed by atoms with van der Waals surface area (Å²) in [5.74, 6) is 0. The fraction of sp³-hybridized carbons (Fsp3) is 0.227. The van der Waals surface area contributed by atoms with Crippen LogP contribution in [0.3, 0.4) is 0 Å². The minimum atomic E-state index is 0.289. The highest BCUT2D eigenvalue weighted by molar-refractivity contribution is 6.01. The highest BCUT2D eigenvalue weighted by atomic mass is 14.9. The van der Waals surface area contributed by atoms with Crippen LogP contribution >= 0.6 is 0 Å². The Kier molecular flexibility index (Phi) is 3.15. The Morgan fingerprint density at radius 3 is 2.62 bits per heavy atom. The molecule has 2 nitrogen and oxygen atoms in total. The Hall–Kier alpha value is -2.61. The summed E-state index contributed by atoms with van der Waals surface area (Å²) in [6.07, 6.45) is 8.77. The minimum Gasteiger partial charge on any atom is -0.374 e. The van der Waals surface area contributed by atoms with Crippen molar-refractivity contribution in [2.45, 2.75) is 31.7 Å². The van der Waals surface area contributed by atoms with E-state index < -0.39 is 0 Å². The first-order chi connectivity index (χ1) is 11.9. The van der Waals surface area contributed by atoms with Gasteiger partial charge in [0.2, 0.25) is 0 Å². The summed E-state index contributed by atoms with van der Waals surface area (Å²) in [6.45, 7) is 0. The molecule has 1 aromatic heterocycles. The molecule has 1 aliphatic heterocycles. The molecular formula is C22H20N2. The number of rotatable bonds is 1. The molecule has 3 aromatic rings. The fourth-order valence-corrected chi connectivity index (χ4v) is 4.33. The zero-order valence-corrected chi connectivity index (χ0v) is 13.6. The lowest BCUT2D eigenvalue weighted by Crippen LogP contribution is -2.22. The van der Waals surface area contributed by atoms with E-state index in [1.165, 1.54) is 53.3 Å². The normalized spacial score (nSPS) is 19.6. The maximum Gasteiger partial charge on any atom is 0.0734 e. The first kappa shape index (κ1) is 13.8. The molecule has 0 saturated carbocycles. The van der Waals surface area contributed by atoms with Crippen molar-refractivity contribution in [2.75, 3.05) is 5.32 Å². The van der Waals surface area contributed by atoms with Gasteiger partial charge in [0.25, 0.3) is 0 Å². The average Bonchev–Trinajstić information content (AvgIpc) is 2.67. The molecule has 5 rings (SSSR count). The Morgan fingerprint density at radius 2 is 1.71 bits per heavy atom. The van der Waals surface area contributed by atoms with E-state index in [0.29, 0.717) is 0 Å². The minimum absolute atomic E-state index is 0.289. The maximum atomic E-state index is 4.19. The molecule has 0 bridgehead atoms. The first-order valence-electron chi connectivity index (χ1n) is 8.82. The molecule has 2 heteroatoms. The van der Waals surface area contributed by atoms with Crippen molar-refractivity contribution >= 4 is 22.0 Å². The molecule has 1 atom stereocenters. The molecule has 0 amide bonds. The molecule has 0 unspecified atom stereocenters. The van der Waals surface area contributed by atoms with Crippen molar-refractivity contribution in [3.63, 3.8) is 0 Å². The summed E-state index contributed by atoms with van der Waals surface area (Å²) in [5.41, 5.74) is 7.19. The van der Waals surface area contributed by atoms with Gasteiger partial charge in [0.05, 0.1) is 6.04 Å².